The highest BCUT2D eigenvalue weighted by atomic mass is 32.2. The van der Waals surface area contributed by atoms with Crippen LogP contribution in [0.3, 0.4) is 0 Å². The Bertz CT molecular complexity index is 468. The Labute approximate surface area is 89.3 Å². The zero-order valence-electron chi connectivity index (χ0n) is 7.88. The lowest BCUT2D eigenvalue weighted by Crippen LogP contribution is -1.96. The van der Waals surface area contributed by atoms with Crippen molar-refractivity contribution in [2.75, 3.05) is 0 Å². The van der Waals surface area contributed by atoms with Crippen molar-refractivity contribution in [3.63, 3.8) is 0 Å². The van der Waals surface area contributed by atoms with Crippen LogP contribution in [-0.4, -0.2) is 12.1 Å². The van der Waals surface area contributed by atoms with E-state index in [0.717, 1.165) is 5.09 Å². The summed E-state index contributed by atoms with van der Waals surface area (Å²) in [4.78, 5) is 21.6. The van der Waals surface area contributed by atoms with Gasteiger partial charge in [0.15, 0.2) is 11.2 Å². The van der Waals surface area contributed by atoms with Crippen molar-refractivity contribution in [3.05, 3.63) is 40.8 Å². The van der Waals surface area contributed by atoms with Crippen molar-refractivity contribution in [1.82, 2.24) is 0 Å². The Morgan fingerprint density at radius 3 is 3.00 bits per heavy atom. The predicted octanol–water partition coefficient (Wildman–Crippen LogP) is 2.79. The van der Waals surface area contributed by atoms with Crippen molar-refractivity contribution in [2.24, 2.45) is 0 Å². The standard InChI is InChI=1S/C11H9O3S/c12-5-3-10(13)9-4-7-15(8-9)11-2-1-6-14-11/h1-2,4-8H,3H2/q+1. The summed E-state index contributed by atoms with van der Waals surface area (Å²) in [6, 6.07) is 5.43. The summed E-state index contributed by atoms with van der Waals surface area (Å²) in [7, 11) is -0.260. The summed E-state index contributed by atoms with van der Waals surface area (Å²) >= 11 is 0. The van der Waals surface area contributed by atoms with Crippen LogP contribution in [0.2, 0.25) is 0 Å². The van der Waals surface area contributed by atoms with E-state index in [1.807, 2.05) is 22.9 Å². The summed E-state index contributed by atoms with van der Waals surface area (Å²) in [6.07, 6.45) is 2.18. The summed E-state index contributed by atoms with van der Waals surface area (Å²) < 4.78 is 5.24. The van der Waals surface area contributed by atoms with Crippen LogP contribution in [0.1, 0.15) is 16.8 Å². The lowest BCUT2D eigenvalue weighted by atomic mass is 10.2. The molecule has 0 aliphatic rings. The van der Waals surface area contributed by atoms with Gasteiger partial charge in [0, 0.05) is 12.1 Å². The van der Waals surface area contributed by atoms with Crippen LogP contribution in [0.5, 0.6) is 0 Å². The Morgan fingerprint density at radius 1 is 1.47 bits per heavy atom. The molecule has 76 valence electrons. The van der Waals surface area contributed by atoms with Gasteiger partial charge in [-0.3, -0.25) is 4.79 Å². The Kier molecular flexibility index (Phi) is 2.78. The first-order valence-corrected chi connectivity index (χ1v) is 5.78. The molecule has 0 aromatic carbocycles. The maximum Gasteiger partial charge on any atom is 0.338 e. The fourth-order valence-electron chi connectivity index (χ4n) is 1.24. The van der Waals surface area contributed by atoms with Gasteiger partial charge in [-0.2, -0.15) is 0 Å². The third-order valence-electron chi connectivity index (χ3n) is 1.97. The van der Waals surface area contributed by atoms with E-state index in [4.69, 9.17) is 4.42 Å². The van der Waals surface area contributed by atoms with Crippen LogP contribution in [0.15, 0.2) is 39.6 Å². The van der Waals surface area contributed by atoms with Gasteiger partial charge < -0.3 is 9.21 Å². The molecule has 0 bridgehead atoms. The highest BCUT2D eigenvalue weighted by Gasteiger charge is 2.17. The molecule has 1 unspecified atom stereocenters. The quantitative estimate of drug-likeness (QED) is 0.345. The Hall–Kier alpha value is -1.68. The molecule has 0 aliphatic carbocycles. The van der Waals surface area contributed by atoms with Crippen molar-refractivity contribution in [1.29, 1.82) is 0 Å². The van der Waals surface area contributed by atoms with Gasteiger partial charge in [-0.05, 0) is 6.07 Å². The van der Waals surface area contributed by atoms with Crippen LogP contribution >= 0.6 is 10.5 Å². The average molecular weight is 221 g/mol. The number of carbonyl (C=O) groups excluding carboxylic acids is 2. The second-order valence-electron chi connectivity index (χ2n) is 2.97. The van der Waals surface area contributed by atoms with E-state index in [9.17, 15) is 9.59 Å². The van der Waals surface area contributed by atoms with E-state index in [0.29, 0.717) is 11.8 Å². The molecule has 0 fully saturated rings. The van der Waals surface area contributed by atoms with Crippen LogP contribution in [0, 0.1) is 0 Å². The molecule has 0 saturated carbocycles. The van der Waals surface area contributed by atoms with Gasteiger partial charge in [0.2, 0.25) is 0 Å². The van der Waals surface area contributed by atoms with Crippen molar-refractivity contribution in [3.8, 4) is 5.09 Å². The minimum atomic E-state index is -0.260. The van der Waals surface area contributed by atoms with Crippen LogP contribution in [0.25, 0.3) is 5.09 Å². The normalized spacial score (nSPS) is 11.3. The Balaban J connectivity index is 2.24. The van der Waals surface area contributed by atoms with E-state index >= 15 is 0 Å². The number of hydrogen-bond acceptors (Lipinski definition) is 3. The van der Waals surface area contributed by atoms with Crippen molar-refractivity contribution < 1.29 is 14.0 Å². The molecule has 3 nitrogen and oxygen atoms in total. The zero-order valence-corrected chi connectivity index (χ0v) is 8.70. The topological polar surface area (TPSA) is 47.3 Å². The van der Waals surface area contributed by atoms with E-state index in [1.165, 1.54) is 0 Å². The van der Waals surface area contributed by atoms with E-state index in [2.05, 4.69) is 0 Å². The van der Waals surface area contributed by atoms with Gasteiger partial charge in [0.05, 0.1) is 28.7 Å². The highest BCUT2D eigenvalue weighted by molar-refractivity contribution is 7.36. The molecule has 0 amide bonds. The number of hydrogen-bond donors (Lipinski definition) is 0. The molecule has 1 atom stereocenters. The fraction of sp³-hybridized carbons (Fsp3) is 0.0909. The van der Waals surface area contributed by atoms with Crippen LogP contribution < -0.4 is 0 Å². The number of Topliss-reactive ketones (excluding diaryl/α,β-unsaturated/α-hetero) is 1. The second kappa shape index (κ2) is 4.23. The zero-order chi connectivity index (χ0) is 10.7. The molecule has 0 N–H and O–H groups in total. The molecule has 0 saturated heterocycles. The molecule has 0 radical (unpaired) electrons. The van der Waals surface area contributed by atoms with E-state index < -0.39 is 0 Å². The van der Waals surface area contributed by atoms with Gasteiger partial charge in [0.25, 0.3) is 0 Å². The minimum Gasteiger partial charge on any atom is -0.422 e. The molecule has 2 aromatic rings. The molecule has 15 heavy (non-hydrogen) atoms. The third-order valence-corrected chi connectivity index (χ3v) is 3.60. The Morgan fingerprint density at radius 2 is 2.33 bits per heavy atom. The first kappa shape index (κ1) is 9.86. The monoisotopic (exact) mass is 221 g/mol. The van der Waals surface area contributed by atoms with Gasteiger partial charge in [-0.25, -0.2) is 0 Å². The van der Waals surface area contributed by atoms with Gasteiger partial charge in [-0.1, -0.05) is 0 Å². The van der Waals surface area contributed by atoms with Gasteiger partial charge in [-0.15, -0.1) is 0 Å². The SMILES string of the molecule is O=CCC(=O)c1cc[s+](-c2ccco2)c1. The van der Waals surface area contributed by atoms with E-state index in [1.54, 1.807) is 12.3 Å². The number of thiophene rings is 1. The fourth-order valence-corrected chi connectivity index (χ4v) is 2.74. The number of aldehydes is 1. The van der Waals surface area contributed by atoms with Gasteiger partial charge in [0.1, 0.15) is 11.7 Å². The average Bonchev–Trinajstić information content (AvgIpc) is 2.89. The smallest absolute Gasteiger partial charge is 0.338 e. The predicted molar refractivity (Wildman–Crippen MR) is 57.5 cm³/mol. The molecular weight excluding hydrogens is 212 g/mol. The van der Waals surface area contributed by atoms with Gasteiger partial charge >= 0.3 is 5.09 Å². The lowest BCUT2D eigenvalue weighted by molar-refractivity contribution is -0.107. The number of carbonyl (C=O) groups is 2. The highest BCUT2D eigenvalue weighted by Crippen LogP contribution is 2.32. The summed E-state index contributed by atoms with van der Waals surface area (Å²) in [6.45, 7) is 0. The van der Waals surface area contributed by atoms with E-state index in [-0.39, 0.29) is 22.7 Å². The maximum absolute atomic E-state index is 11.4. The largest absolute Gasteiger partial charge is 0.422 e. The number of ketones is 1. The van der Waals surface area contributed by atoms with Crippen LogP contribution in [-0.2, 0) is 4.79 Å². The second-order valence-corrected chi connectivity index (χ2v) is 4.63. The maximum atomic E-state index is 11.4. The number of rotatable bonds is 4. The first-order chi connectivity index (χ1) is 7.31. The minimum absolute atomic E-state index is 0.0501. The molecule has 0 aliphatic heterocycles. The molecule has 4 heteroatoms. The van der Waals surface area contributed by atoms with Crippen LogP contribution in [0.4, 0.5) is 0 Å². The third kappa shape index (κ3) is 2.05. The molecule has 2 rings (SSSR count). The summed E-state index contributed by atoms with van der Waals surface area (Å²) in [5.41, 5.74) is 0.599. The van der Waals surface area contributed by atoms with Crippen molar-refractivity contribution in [2.45, 2.75) is 6.42 Å². The molecular formula is C11H9O3S+. The summed E-state index contributed by atoms with van der Waals surface area (Å²) in [5.74, 6) is -0.136. The summed E-state index contributed by atoms with van der Waals surface area (Å²) in [5, 5.41) is 4.58. The molecule has 2 aromatic heterocycles. The first-order valence-electron chi connectivity index (χ1n) is 4.43. The lowest BCUT2D eigenvalue weighted by Gasteiger charge is -1.84. The molecule has 0 spiro atoms. The molecule has 2 heterocycles. The number of furan rings is 1. The van der Waals surface area contributed by atoms with Crippen molar-refractivity contribution >= 4 is 22.5 Å².